The zero-order valence-electron chi connectivity index (χ0n) is 20.6. The van der Waals surface area contributed by atoms with Crippen LogP contribution in [0.25, 0.3) is 17.4 Å². The highest BCUT2D eigenvalue weighted by Gasteiger charge is 2.41. The normalized spacial score (nSPS) is 22.1. The van der Waals surface area contributed by atoms with E-state index >= 15 is 0 Å². The number of benzene rings is 2. The maximum Gasteiger partial charge on any atom is 0.284 e. The minimum absolute atomic E-state index is 0.0909. The van der Waals surface area contributed by atoms with Gasteiger partial charge in [-0.2, -0.15) is 0 Å². The number of carbonyl (C=O) groups is 1. The molecule has 190 valence electrons. The molecular formula is C28H27N3O5S. The summed E-state index contributed by atoms with van der Waals surface area (Å²) in [6, 6.07) is 17.7. The lowest BCUT2D eigenvalue weighted by Gasteiger charge is -2.35. The van der Waals surface area contributed by atoms with E-state index in [1.165, 1.54) is 31.4 Å². The monoisotopic (exact) mass is 517 g/mol. The number of methoxy groups -OCH3 is 1. The summed E-state index contributed by atoms with van der Waals surface area (Å²) in [6.45, 7) is 2.20. The van der Waals surface area contributed by atoms with E-state index in [0.717, 1.165) is 24.9 Å². The molecule has 1 saturated carbocycles. The van der Waals surface area contributed by atoms with Crippen LogP contribution in [0.4, 0.5) is 11.4 Å². The third-order valence-electron chi connectivity index (χ3n) is 6.78. The van der Waals surface area contributed by atoms with Gasteiger partial charge in [-0.3, -0.25) is 19.8 Å². The first-order chi connectivity index (χ1) is 17.9. The van der Waals surface area contributed by atoms with Gasteiger partial charge < -0.3 is 9.15 Å². The Kier molecular flexibility index (Phi) is 7.14. The zero-order chi connectivity index (χ0) is 25.9. The summed E-state index contributed by atoms with van der Waals surface area (Å²) < 4.78 is 11.1. The third-order valence-corrected chi connectivity index (χ3v) is 7.77. The molecule has 0 bridgehead atoms. The maximum atomic E-state index is 13.7. The lowest BCUT2D eigenvalue weighted by Crippen LogP contribution is -2.44. The van der Waals surface area contributed by atoms with Crippen LogP contribution in [0.15, 0.2) is 75.0 Å². The number of thioether (sulfide) groups is 1. The van der Waals surface area contributed by atoms with Crippen molar-refractivity contribution in [3.8, 4) is 17.1 Å². The molecule has 2 aromatic carbocycles. The summed E-state index contributed by atoms with van der Waals surface area (Å²) in [6.07, 6.45) is 5.98. The minimum atomic E-state index is -0.468. The second-order valence-electron chi connectivity index (χ2n) is 9.19. The average molecular weight is 518 g/mol. The maximum absolute atomic E-state index is 13.7. The van der Waals surface area contributed by atoms with Crippen molar-refractivity contribution in [3.63, 3.8) is 0 Å². The number of furan rings is 1. The molecule has 2 heterocycles. The summed E-state index contributed by atoms with van der Waals surface area (Å²) in [5.74, 6) is 1.46. The van der Waals surface area contributed by atoms with E-state index in [0.29, 0.717) is 38.8 Å². The van der Waals surface area contributed by atoms with Gasteiger partial charge in [0, 0.05) is 12.1 Å². The van der Waals surface area contributed by atoms with Crippen LogP contribution in [-0.2, 0) is 4.79 Å². The topological polar surface area (TPSA) is 98.2 Å². The van der Waals surface area contributed by atoms with Gasteiger partial charge in [0.2, 0.25) is 0 Å². The first kappa shape index (κ1) is 24.8. The highest BCUT2D eigenvalue weighted by atomic mass is 32.2. The number of amides is 1. The van der Waals surface area contributed by atoms with Crippen molar-refractivity contribution in [1.29, 1.82) is 0 Å². The molecule has 1 aromatic heterocycles. The fraction of sp³-hybridized carbons (Fsp3) is 0.286. The van der Waals surface area contributed by atoms with Crippen LogP contribution < -0.4 is 4.74 Å². The summed E-state index contributed by atoms with van der Waals surface area (Å²) in [4.78, 5) is 32.0. The van der Waals surface area contributed by atoms with Crippen LogP contribution in [0.1, 0.15) is 38.4 Å². The number of aliphatic imine (C=N–C) groups is 1. The van der Waals surface area contributed by atoms with Crippen molar-refractivity contribution in [2.45, 2.75) is 38.6 Å². The SMILES string of the molecule is COc1ccc(-c2ccc(/C=C3\SC(=Nc4ccccc4)N([C@@H]4CCCC[C@H]4C)C3=O)o2)c([N+](=O)[O-])c1. The number of amidine groups is 1. The first-order valence-electron chi connectivity index (χ1n) is 12.2. The van der Waals surface area contributed by atoms with E-state index in [-0.39, 0.29) is 17.6 Å². The van der Waals surface area contributed by atoms with Gasteiger partial charge in [-0.15, -0.1) is 0 Å². The summed E-state index contributed by atoms with van der Waals surface area (Å²) in [5, 5.41) is 12.3. The number of carbonyl (C=O) groups excluding carboxylic acids is 1. The Morgan fingerprint density at radius 1 is 1.14 bits per heavy atom. The van der Waals surface area contributed by atoms with Crippen LogP contribution >= 0.6 is 11.8 Å². The van der Waals surface area contributed by atoms with Crippen LogP contribution in [-0.4, -0.2) is 34.0 Å². The van der Waals surface area contributed by atoms with Gasteiger partial charge in [0.1, 0.15) is 17.3 Å². The Bertz CT molecular complexity index is 1380. The Hall–Kier alpha value is -3.85. The number of hydrogen-bond donors (Lipinski definition) is 0. The van der Waals surface area contributed by atoms with Crippen molar-refractivity contribution in [3.05, 3.63) is 81.4 Å². The molecular weight excluding hydrogens is 490 g/mol. The molecule has 2 fully saturated rings. The quantitative estimate of drug-likeness (QED) is 0.197. The van der Waals surface area contributed by atoms with Gasteiger partial charge in [-0.1, -0.05) is 38.0 Å². The van der Waals surface area contributed by atoms with Crippen LogP contribution in [0.3, 0.4) is 0 Å². The molecule has 9 heteroatoms. The van der Waals surface area contributed by atoms with Gasteiger partial charge in [0.05, 0.1) is 34.3 Å². The van der Waals surface area contributed by atoms with Crippen molar-refractivity contribution in [2.75, 3.05) is 7.11 Å². The molecule has 0 N–H and O–H groups in total. The predicted octanol–water partition coefficient (Wildman–Crippen LogP) is 7.05. The number of hydrogen-bond acceptors (Lipinski definition) is 7. The molecule has 1 amide bonds. The third kappa shape index (κ3) is 5.17. The Morgan fingerprint density at radius 3 is 2.65 bits per heavy atom. The van der Waals surface area contributed by atoms with E-state index in [9.17, 15) is 14.9 Å². The second-order valence-corrected chi connectivity index (χ2v) is 10.2. The number of nitro groups is 1. The average Bonchev–Trinajstić information content (AvgIpc) is 3.49. The zero-order valence-corrected chi connectivity index (χ0v) is 21.4. The van der Waals surface area contributed by atoms with E-state index < -0.39 is 4.92 Å². The van der Waals surface area contributed by atoms with Gasteiger partial charge in [-0.25, -0.2) is 4.99 Å². The molecule has 1 aliphatic heterocycles. The minimum Gasteiger partial charge on any atom is -0.497 e. The molecule has 1 saturated heterocycles. The van der Waals surface area contributed by atoms with Crippen molar-refractivity contribution >= 4 is 40.3 Å². The smallest absolute Gasteiger partial charge is 0.284 e. The molecule has 8 nitrogen and oxygen atoms in total. The van der Waals surface area contributed by atoms with Gasteiger partial charge >= 0.3 is 0 Å². The fourth-order valence-electron chi connectivity index (χ4n) is 4.85. The van der Waals surface area contributed by atoms with Gasteiger partial charge in [-0.05, 0) is 66.9 Å². The van der Waals surface area contributed by atoms with E-state index in [1.807, 2.05) is 35.2 Å². The number of nitrogens with zero attached hydrogens (tertiary/aromatic N) is 3. The van der Waals surface area contributed by atoms with Crippen molar-refractivity contribution in [1.82, 2.24) is 4.90 Å². The summed E-state index contributed by atoms with van der Waals surface area (Å²) in [5.41, 5.74) is 1.01. The van der Waals surface area contributed by atoms with Gasteiger partial charge in [0.25, 0.3) is 11.6 Å². The highest BCUT2D eigenvalue weighted by molar-refractivity contribution is 8.18. The predicted molar refractivity (Wildman–Crippen MR) is 145 cm³/mol. The van der Waals surface area contributed by atoms with Crippen LogP contribution in [0, 0.1) is 16.0 Å². The largest absolute Gasteiger partial charge is 0.497 e. The Balaban J connectivity index is 1.48. The number of ether oxygens (including phenoxy) is 1. The second kappa shape index (κ2) is 10.6. The summed E-state index contributed by atoms with van der Waals surface area (Å²) in [7, 11) is 1.46. The standard InChI is InChI=1S/C28H27N3O5S/c1-18-8-6-7-11-23(18)30-27(32)26(37-28(30)29-19-9-4-3-5-10-19)17-21-13-15-25(36-21)22-14-12-20(35-2)16-24(22)31(33)34/h3-5,9-10,12-18,23H,6-8,11H2,1-2H3/b26-17-,29-28?/t18-,23-/m1/s1. The Labute approximate surface area is 219 Å². The number of para-hydroxylation sites is 1. The van der Waals surface area contributed by atoms with E-state index in [4.69, 9.17) is 14.1 Å². The van der Waals surface area contributed by atoms with Crippen LogP contribution in [0.5, 0.6) is 5.75 Å². The molecule has 1 aliphatic carbocycles. The molecule has 0 radical (unpaired) electrons. The molecule has 0 spiro atoms. The number of rotatable bonds is 6. The molecule has 0 unspecified atom stereocenters. The molecule has 37 heavy (non-hydrogen) atoms. The van der Waals surface area contributed by atoms with E-state index in [2.05, 4.69) is 6.92 Å². The fourth-order valence-corrected chi connectivity index (χ4v) is 5.88. The molecule has 3 aromatic rings. The van der Waals surface area contributed by atoms with Crippen LogP contribution in [0.2, 0.25) is 0 Å². The lowest BCUT2D eigenvalue weighted by molar-refractivity contribution is -0.384. The summed E-state index contributed by atoms with van der Waals surface area (Å²) >= 11 is 1.33. The molecule has 2 atom stereocenters. The van der Waals surface area contributed by atoms with Crippen molar-refractivity contribution < 1.29 is 18.9 Å². The first-order valence-corrected chi connectivity index (χ1v) is 13.1. The number of nitro benzene ring substituents is 1. The molecule has 5 rings (SSSR count). The molecule has 2 aliphatic rings. The lowest BCUT2D eigenvalue weighted by atomic mass is 9.85. The van der Waals surface area contributed by atoms with E-state index in [1.54, 1.807) is 30.3 Å². The highest BCUT2D eigenvalue weighted by Crippen LogP contribution is 2.41. The Morgan fingerprint density at radius 2 is 1.92 bits per heavy atom. The van der Waals surface area contributed by atoms with Gasteiger partial charge in [0.15, 0.2) is 5.17 Å². The van der Waals surface area contributed by atoms with Crippen molar-refractivity contribution in [2.24, 2.45) is 10.9 Å².